The van der Waals surface area contributed by atoms with Gasteiger partial charge >= 0.3 is 5.97 Å². The van der Waals surface area contributed by atoms with Gasteiger partial charge in [0.2, 0.25) is 0 Å². The van der Waals surface area contributed by atoms with Gasteiger partial charge in [-0.3, -0.25) is 4.79 Å². The lowest BCUT2D eigenvalue weighted by atomic mass is 10.0. The number of esters is 1. The summed E-state index contributed by atoms with van der Waals surface area (Å²) in [6, 6.07) is 24.4. The second-order valence-electron chi connectivity index (χ2n) is 7.31. The smallest absolute Gasteiger partial charge is 0.339 e. The number of fused-ring (bicyclic) bond motifs is 1. The van der Waals surface area contributed by atoms with E-state index in [2.05, 4.69) is 10.3 Å². The molecule has 0 saturated heterocycles. The summed E-state index contributed by atoms with van der Waals surface area (Å²) in [5, 5.41) is 3.49. The van der Waals surface area contributed by atoms with E-state index in [4.69, 9.17) is 4.74 Å². The molecule has 0 fully saturated rings. The molecule has 4 rings (SSSR count). The molecule has 0 saturated carbocycles. The van der Waals surface area contributed by atoms with Crippen molar-refractivity contribution in [3.63, 3.8) is 0 Å². The van der Waals surface area contributed by atoms with E-state index in [1.165, 1.54) is 0 Å². The van der Waals surface area contributed by atoms with Crippen molar-refractivity contribution >= 4 is 28.5 Å². The number of nitrogens with zero attached hydrogens (tertiary/aromatic N) is 1. The van der Waals surface area contributed by atoms with Gasteiger partial charge < -0.3 is 10.1 Å². The summed E-state index contributed by atoms with van der Waals surface area (Å²) in [5.74, 6) is -0.949. The van der Waals surface area contributed by atoms with Crippen LogP contribution in [0.1, 0.15) is 21.5 Å². The van der Waals surface area contributed by atoms with E-state index in [1.807, 2.05) is 86.6 Å². The number of carbonyl (C=O) groups excluding carboxylic acids is 2. The van der Waals surface area contributed by atoms with E-state index in [1.54, 1.807) is 6.07 Å². The van der Waals surface area contributed by atoms with Crippen LogP contribution in [0.5, 0.6) is 0 Å². The van der Waals surface area contributed by atoms with Crippen LogP contribution in [0.4, 0.5) is 5.69 Å². The first-order valence-electron chi connectivity index (χ1n) is 10.0. The molecule has 5 heteroatoms. The van der Waals surface area contributed by atoms with E-state index in [-0.39, 0.29) is 12.5 Å². The van der Waals surface area contributed by atoms with Crippen LogP contribution in [-0.4, -0.2) is 23.5 Å². The van der Waals surface area contributed by atoms with Crippen molar-refractivity contribution in [1.29, 1.82) is 0 Å². The van der Waals surface area contributed by atoms with Gasteiger partial charge in [0.05, 0.1) is 16.8 Å². The number of hydrogen-bond donors (Lipinski definition) is 1. The van der Waals surface area contributed by atoms with Gasteiger partial charge in [0, 0.05) is 16.6 Å². The van der Waals surface area contributed by atoms with Gasteiger partial charge in [-0.05, 0) is 43.2 Å². The minimum Gasteiger partial charge on any atom is -0.452 e. The highest BCUT2D eigenvalue weighted by Crippen LogP contribution is 2.25. The number of aryl methyl sites for hydroxylation is 1. The fourth-order valence-electron chi connectivity index (χ4n) is 3.38. The van der Waals surface area contributed by atoms with E-state index >= 15 is 0 Å². The zero-order chi connectivity index (χ0) is 21.8. The molecule has 4 aromatic rings. The lowest BCUT2D eigenvalue weighted by molar-refractivity contribution is -0.119. The van der Waals surface area contributed by atoms with Gasteiger partial charge in [-0.1, -0.05) is 60.7 Å². The quantitative estimate of drug-likeness (QED) is 0.453. The maximum absolute atomic E-state index is 12.9. The lowest BCUT2D eigenvalue weighted by Gasteiger charge is -2.12. The summed E-state index contributed by atoms with van der Waals surface area (Å²) in [4.78, 5) is 29.9. The Hall–Kier alpha value is -3.99. The van der Waals surface area contributed by atoms with Crippen LogP contribution in [0.15, 0.2) is 78.9 Å². The minimum atomic E-state index is -0.563. The van der Waals surface area contributed by atoms with Crippen molar-refractivity contribution in [2.24, 2.45) is 0 Å². The molecule has 0 spiro atoms. The number of ether oxygens (including phenoxy) is 1. The molecule has 154 valence electrons. The highest BCUT2D eigenvalue weighted by atomic mass is 16.5. The maximum Gasteiger partial charge on any atom is 0.339 e. The number of anilines is 1. The molecule has 0 atom stereocenters. The fraction of sp³-hybridized carbons (Fsp3) is 0.115. The molecule has 0 aliphatic heterocycles. The Morgan fingerprint density at radius 1 is 0.903 bits per heavy atom. The van der Waals surface area contributed by atoms with Gasteiger partial charge in [0.1, 0.15) is 0 Å². The number of rotatable bonds is 5. The van der Waals surface area contributed by atoms with Gasteiger partial charge in [0.25, 0.3) is 5.91 Å². The molecule has 0 bridgehead atoms. The number of hydrogen-bond acceptors (Lipinski definition) is 4. The second-order valence-corrected chi connectivity index (χ2v) is 7.31. The summed E-state index contributed by atoms with van der Waals surface area (Å²) >= 11 is 0. The van der Waals surface area contributed by atoms with Crippen LogP contribution < -0.4 is 5.32 Å². The Kier molecular flexibility index (Phi) is 5.76. The third-order valence-electron chi connectivity index (χ3n) is 5.22. The summed E-state index contributed by atoms with van der Waals surface area (Å²) < 4.78 is 5.35. The van der Waals surface area contributed by atoms with Crippen LogP contribution >= 0.6 is 0 Å². The largest absolute Gasteiger partial charge is 0.452 e. The molecular weight excluding hydrogens is 388 g/mol. The summed E-state index contributed by atoms with van der Waals surface area (Å²) in [6.07, 6.45) is 0. The third kappa shape index (κ3) is 4.46. The van der Waals surface area contributed by atoms with Crippen molar-refractivity contribution in [2.75, 3.05) is 11.9 Å². The maximum atomic E-state index is 12.9. The van der Waals surface area contributed by atoms with Gasteiger partial charge in [-0.2, -0.15) is 0 Å². The zero-order valence-corrected chi connectivity index (χ0v) is 17.4. The summed E-state index contributed by atoms with van der Waals surface area (Å²) in [6.45, 7) is 3.54. The molecule has 3 aromatic carbocycles. The number of amides is 1. The van der Waals surface area contributed by atoms with Crippen LogP contribution in [-0.2, 0) is 9.53 Å². The highest BCUT2D eigenvalue weighted by molar-refractivity contribution is 6.05. The van der Waals surface area contributed by atoms with E-state index < -0.39 is 5.97 Å². The highest BCUT2D eigenvalue weighted by Gasteiger charge is 2.17. The predicted molar refractivity (Wildman–Crippen MR) is 122 cm³/mol. The van der Waals surface area contributed by atoms with Crippen molar-refractivity contribution in [2.45, 2.75) is 13.8 Å². The molecule has 0 aliphatic rings. The van der Waals surface area contributed by atoms with Crippen molar-refractivity contribution < 1.29 is 14.3 Å². The molecule has 1 heterocycles. The number of para-hydroxylation sites is 1. The van der Waals surface area contributed by atoms with Gasteiger partial charge in [-0.25, -0.2) is 9.78 Å². The molecule has 31 heavy (non-hydrogen) atoms. The summed E-state index contributed by atoms with van der Waals surface area (Å²) in [7, 11) is 0. The predicted octanol–water partition coefficient (Wildman–Crippen LogP) is 5.31. The number of pyridine rings is 1. The Balaban J connectivity index is 1.56. The number of carbonyl (C=O) groups is 2. The van der Waals surface area contributed by atoms with Crippen LogP contribution in [0, 0.1) is 13.8 Å². The van der Waals surface area contributed by atoms with Crippen LogP contribution in [0.2, 0.25) is 0 Å². The topological polar surface area (TPSA) is 68.3 Å². The second kappa shape index (κ2) is 8.79. The fourth-order valence-corrected chi connectivity index (χ4v) is 3.38. The van der Waals surface area contributed by atoms with Crippen LogP contribution in [0.3, 0.4) is 0 Å². The van der Waals surface area contributed by atoms with Crippen LogP contribution in [0.25, 0.3) is 22.2 Å². The first kappa shape index (κ1) is 20.3. The van der Waals surface area contributed by atoms with Gasteiger partial charge in [0.15, 0.2) is 6.61 Å². The van der Waals surface area contributed by atoms with E-state index in [0.717, 1.165) is 16.7 Å². The summed E-state index contributed by atoms with van der Waals surface area (Å²) in [5.41, 5.74) is 5.41. The zero-order valence-electron chi connectivity index (χ0n) is 17.4. The molecule has 0 unspecified atom stereocenters. The lowest BCUT2D eigenvalue weighted by Crippen LogP contribution is -2.21. The van der Waals surface area contributed by atoms with Crippen molar-refractivity contribution in [3.05, 3.63) is 95.6 Å². The number of benzene rings is 3. The van der Waals surface area contributed by atoms with Crippen molar-refractivity contribution in [3.8, 4) is 11.3 Å². The average molecular weight is 410 g/mol. The first-order valence-corrected chi connectivity index (χ1v) is 10.0. The molecule has 0 radical (unpaired) electrons. The molecule has 1 aromatic heterocycles. The first-order chi connectivity index (χ1) is 15.0. The number of aromatic nitrogens is 1. The average Bonchev–Trinajstić information content (AvgIpc) is 2.80. The Bertz CT molecular complexity index is 1270. The molecular formula is C26H22N2O3. The molecule has 1 N–H and O–H groups in total. The Labute approximate surface area is 180 Å². The molecule has 5 nitrogen and oxygen atoms in total. The van der Waals surface area contributed by atoms with Crippen molar-refractivity contribution in [1.82, 2.24) is 4.98 Å². The molecule has 1 amide bonds. The van der Waals surface area contributed by atoms with Gasteiger partial charge in [-0.15, -0.1) is 0 Å². The Morgan fingerprint density at radius 3 is 2.45 bits per heavy atom. The Morgan fingerprint density at radius 2 is 1.65 bits per heavy atom. The van der Waals surface area contributed by atoms with E-state index in [0.29, 0.717) is 27.8 Å². The normalized spacial score (nSPS) is 10.6. The third-order valence-corrected chi connectivity index (χ3v) is 5.22. The van der Waals surface area contributed by atoms with E-state index in [9.17, 15) is 9.59 Å². The monoisotopic (exact) mass is 410 g/mol. The molecule has 0 aliphatic carbocycles. The minimum absolute atomic E-state index is 0.371. The standard InChI is InChI=1S/C26H22N2O3/c1-17-9-8-14-22(18(17)2)28-25(29)16-31-26(30)21-15-24(19-10-4-3-5-11-19)27-23-13-7-6-12-20(21)23/h3-15H,16H2,1-2H3,(H,28,29). The number of nitrogens with one attached hydrogen (secondary N) is 1. The SMILES string of the molecule is Cc1cccc(NC(=O)COC(=O)c2cc(-c3ccccc3)nc3ccccc23)c1C.